The Balaban J connectivity index is 4.09. The molecule has 0 spiro atoms. The molecule has 0 saturated heterocycles. The number of aliphatic carboxylic acids is 1. The van der Waals surface area contributed by atoms with Crippen LogP contribution in [0.1, 0.15) is 40.5 Å². The number of carbonyl (C=O) groups is 2. The molecule has 2 N–H and O–H groups in total. The summed E-state index contributed by atoms with van der Waals surface area (Å²) < 4.78 is 0. The summed E-state index contributed by atoms with van der Waals surface area (Å²) in [6, 6.07) is 0. The van der Waals surface area contributed by atoms with Gasteiger partial charge in [-0.05, 0) is 31.8 Å². The van der Waals surface area contributed by atoms with Crippen LogP contribution >= 0.6 is 0 Å². The number of hydrogen-bond donors (Lipinski definition) is 2. The average molecular weight is 272 g/mol. The second-order valence-electron chi connectivity index (χ2n) is 5.56. The van der Waals surface area contributed by atoms with E-state index in [1.807, 2.05) is 0 Å². The lowest BCUT2D eigenvalue weighted by Gasteiger charge is -2.25. The van der Waals surface area contributed by atoms with E-state index in [1.165, 1.54) is 6.92 Å². The summed E-state index contributed by atoms with van der Waals surface area (Å²) in [5.41, 5.74) is 0. The van der Waals surface area contributed by atoms with Crippen molar-refractivity contribution in [2.75, 3.05) is 26.2 Å². The molecule has 0 aromatic carbocycles. The van der Waals surface area contributed by atoms with Crippen LogP contribution < -0.4 is 5.32 Å². The lowest BCUT2D eigenvalue weighted by atomic mass is 10.1. The summed E-state index contributed by atoms with van der Waals surface area (Å²) >= 11 is 0. The highest BCUT2D eigenvalue weighted by Gasteiger charge is 2.16. The molecule has 1 unspecified atom stereocenters. The Hall–Kier alpha value is -1.10. The van der Waals surface area contributed by atoms with Crippen molar-refractivity contribution in [3.8, 4) is 0 Å². The predicted octanol–water partition coefficient (Wildman–Crippen LogP) is 1.58. The van der Waals surface area contributed by atoms with Gasteiger partial charge in [-0.25, -0.2) is 0 Å². The van der Waals surface area contributed by atoms with Gasteiger partial charge < -0.3 is 15.3 Å². The number of amides is 1. The van der Waals surface area contributed by atoms with Gasteiger partial charge in [-0.1, -0.05) is 20.8 Å². The molecule has 1 atom stereocenters. The van der Waals surface area contributed by atoms with E-state index >= 15 is 0 Å². The Labute approximate surface area is 116 Å². The van der Waals surface area contributed by atoms with E-state index in [9.17, 15) is 9.59 Å². The van der Waals surface area contributed by atoms with E-state index < -0.39 is 5.97 Å². The van der Waals surface area contributed by atoms with Crippen LogP contribution in [0.5, 0.6) is 0 Å². The quantitative estimate of drug-likeness (QED) is 0.592. The molecule has 0 aliphatic rings. The van der Waals surface area contributed by atoms with Gasteiger partial charge in [-0.3, -0.25) is 9.59 Å². The number of carboxylic acids is 1. The van der Waals surface area contributed by atoms with Gasteiger partial charge in [0.1, 0.15) is 0 Å². The highest BCUT2D eigenvalue weighted by atomic mass is 16.4. The van der Waals surface area contributed by atoms with Gasteiger partial charge >= 0.3 is 5.97 Å². The maximum absolute atomic E-state index is 10.9. The first-order chi connectivity index (χ1) is 8.82. The molecule has 5 nitrogen and oxygen atoms in total. The second-order valence-corrected chi connectivity index (χ2v) is 5.56. The largest absolute Gasteiger partial charge is 0.481 e. The summed E-state index contributed by atoms with van der Waals surface area (Å²) in [7, 11) is 0. The predicted molar refractivity (Wildman–Crippen MR) is 76.0 cm³/mol. The summed E-state index contributed by atoms with van der Waals surface area (Å²) in [5, 5.41) is 11.7. The number of nitrogens with one attached hydrogen (secondary N) is 1. The smallest absolute Gasteiger partial charge is 0.307 e. The zero-order chi connectivity index (χ0) is 14.8. The van der Waals surface area contributed by atoms with Gasteiger partial charge in [0.2, 0.25) is 5.91 Å². The van der Waals surface area contributed by atoms with E-state index in [4.69, 9.17) is 5.11 Å². The molecule has 0 saturated carbocycles. The molecular weight excluding hydrogens is 244 g/mol. The van der Waals surface area contributed by atoms with Crippen molar-refractivity contribution in [1.29, 1.82) is 0 Å². The molecule has 0 radical (unpaired) electrons. The van der Waals surface area contributed by atoms with Crippen molar-refractivity contribution in [3.05, 3.63) is 0 Å². The lowest BCUT2D eigenvalue weighted by molar-refractivity contribution is -0.141. The first kappa shape index (κ1) is 17.9. The Morgan fingerprint density at radius 3 is 2.32 bits per heavy atom. The van der Waals surface area contributed by atoms with Crippen LogP contribution in [0.4, 0.5) is 0 Å². The van der Waals surface area contributed by atoms with Crippen molar-refractivity contribution in [2.24, 2.45) is 11.8 Å². The average Bonchev–Trinajstić information content (AvgIpc) is 2.30. The van der Waals surface area contributed by atoms with Crippen LogP contribution in [-0.2, 0) is 9.59 Å². The van der Waals surface area contributed by atoms with E-state index in [-0.39, 0.29) is 11.8 Å². The van der Waals surface area contributed by atoms with Crippen molar-refractivity contribution >= 4 is 11.9 Å². The second kappa shape index (κ2) is 9.78. The molecule has 0 aliphatic carbocycles. The molecule has 19 heavy (non-hydrogen) atoms. The maximum Gasteiger partial charge on any atom is 0.307 e. The van der Waals surface area contributed by atoms with Crippen molar-refractivity contribution < 1.29 is 14.7 Å². The van der Waals surface area contributed by atoms with Gasteiger partial charge in [-0.15, -0.1) is 0 Å². The standard InChI is InChI=1S/C14H28N2O3/c1-11(2)6-9-16(10-12(3)14(18)19)8-5-7-15-13(4)17/h11-12H,5-10H2,1-4H3,(H,15,17)(H,18,19). The van der Waals surface area contributed by atoms with Crippen LogP contribution in [-0.4, -0.2) is 48.1 Å². The number of carbonyl (C=O) groups excluding carboxylic acids is 1. The maximum atomic E-state index is 10.9. The summed E-state index contributed by atoms with van der Waals surface area (Å²) in [6.45, 7) is 10.5. The molecule has 5 heteroatoms. The van der Waals surface area contributed by atoms with E-state index in [0.717, 1.165) is 25.9 Å². The fraction of sp³-hybridized carbons (Fsp3) is 0.857. The number of hydrogen-bond acceptors (Lipinski definition) is 3. The van der Waals surface area contributed by atoms with Crippen LogP contribution in [0.25, 0.3) is 0 Å². The van der Waals surface area contributed by atoms with Crippen molar-refractivity contribution in [3.63, 3.8) is 0 Å². The third-order valence-corrected chi connectivity index (χ3v) is 3.00. The summed E-state index contributed by atoms with van der Waals surface area (Å²) in [5.74, 6) is -0.519. The van der Waals surface area contributed by atoms with Crippen molar-refractivity contribution in [1.82, 2.24) is 10.2 Å². The van der Waals surface area contributed by atoms with Gasteiger partial charge in [-0.2, -0.15) is 0 Å². The molecule has 0 rings (SSSR count). The van der Waals surface area contributed by atoms with E-state index in [2.05, 4.69) is 24.1 Å². The van der Waals surface area contributed by atoms with Gasteiger partial charge in [0.05, 0.1) is 5.92 Å². The molecule has 0 aliphatic heterocycles. The third kappa shape index (κ3) is 10.5. The zero-order valence-electron chi connectivity index (χ0n) is 12.6. The molecule has 0 aromatic rings. The van der Waals surface area contributed by atoms with Gasteiger partial charge in [0.25, 0.3) is 0 Å². The first-order valence-electron chi connectivity index (χ1n) is 7.02. The van der Waals surface area contributed by atoms with Gasteiger partial charge in [0, 0.05) is 20.0 Å². The minimum Gasteiger partial charge on any atom is -0.481 e. The number of carboxylic acid groups (broad SMARTS) is 1. The highest BCUT2D eigenvalue weighted by Crippen LogP contribution is 2.06. The highest BCUT2D eigenvalue weighted by molar-refractivity contribution is 5.72. The summed E-state index contributed by atoms with van der Waals surface area (Å²) in [4.78, 5) is 23.9. The normalized spacial score (nSPS) is 12.7. The Morgan fingerprint density at radius 2 is 1.84 bits per heavy atom. The minimum atomic E-state index is -0.753. The van der Waals surface area contributed by atoms with Crippen molar-refractivity contribution in [2.45, 2.75) is 40.5 Å². The molecule has 0 fully saturated rings. The molecular formula is C14H28N2O3. The lowest BCUT2D eigenvalue weighted by Crippen LogP contribution is -2.35. The fourth-order valence-corrected chi connectivity index (χ4v) is 1.77. The Kier molecular flexibility index (Phi) is 9.21. The molecule has 1 amide bonds. The Morgan fingerprint density at radius 1 is 1.21 bits per heavy atom. The topological polar surface area (TPSA) is 69.6 Å². The molecule has 0 aromatic heterocycles. The van der Waals surface area contributed by atoms with Crippen LogP contribution in [0.3, 0.4) is 0 Å². The summed E-state index contributed by atoms with van der Waals surface area (Å²) in [6.07, 6.45) is 1.91. The Bertz CT molecular complexity index is 280. The third-order valence-electron chi connectivity index (χ3n) is 3.00. The first-order valence-corrected chi connectivity index (χ1v) is 7.02. The van der Waals surface area contributed by atoms with E-state index in [0.29, 0.717) is 19.0 Å². The molecule has 0 heterocycles. The molecule has 0 bridgehead atoms. The SMILES string of the molecule is CC(=O)NCCCN(CCC(C)C)CC(C)C(=O)O. The van der Waals surface area contributed by atoms with Gasteiger partial charge in [0.15, 0.2) is 0 Å². The van der Waals surface area contributed by atoms with Crippen LogP contribution in [0.15, 0.2) is 0 Å². The van der Waals surface area contributed by atoms with Crippen LogP contribution in [0, 0.1) is 11.8 Å². The van der Waals surface area contributed by atoms with E-state index in [1.54, 1.807) is 6.92 Å². The number of nitrogens with zero attached hydrogens (tertiary/aromatic N) is 1. The number of rotatable bonds is 10. The fourth-order valence-electron chi connectivity index (χ4n) is 1.77. The zero-order valence-corrected chi connectivity index (χ0v) is 12.6. The van der Waals surface area contributed by atoms with Crippen LogP contribution in [0.2, 0.25) is 0 Å². The minimum absolute atomic E-state index is 0.0207. The molecule has 112 valence electrons. The monoisotopic (exact) mass is 272 g/mol.